The van der Waals surface area contributed by atoms with Crippen LogP contribution in [0.5, 0.6) is 5.88 Å². The van der Waals surface area contributed by atoms with Gasteiger partial charge in [-0.15, -0.1) is 0 Å². The van der Waals surface area contributed by atoms with Gasteiger partial charge in [0.1, 0.15) is 11.9 Å². The molecule has 2 fully saturated rings. The van der Waals surface area contributed by atoms with Gasteiger partial charge >= 0.3 is 18.3 Å². The van der Waals surface area contributed by atoms with Gasteiger partial charge in [-0.3, -0.25) is 4.79 Å². The van der Waals surface area contributed by atoms with Gasteiger partial charge in [0.15, 0.2) is 0 Å². The summed E-state index contributed by atoms with van der Waals surface area (Å²) in [5.74, 6) is -1.42. The summed E-state index contributed by atoms with van der Waals surface area (Å²) in [5.41, 5.74) is 4.88. The molecule has 2 aromatic heterocycles. The molecule has 0 saturated carbocycles. The fourth-order valence-electron chi connectivity index (χ4n) is 7.16. The number of halogens is 7. The first-order valence-corrected chi connectivity index (χ1v) is 16.5. The van der Waals surface area contributed by atoms with Gasteiger partial charge in [-0.2, -0.15) is 41.4 Å². The zero-order valence-corrected chi connectivity index (χ0v) is 28.1. The monoisotopic (exact) mass is 737 g/mol. The van der Waals surface area contributed by atoms with Crippen LogP contribution in [0.15, 0.2) is 54.7 Å². The van der Waals surface area contributed by atoms with E-state index in [0.717, 1.165) is 24.6 Å². The van der Waals surface area contributed by atoms with E-state index in [1.54, 1.807) is 13.0 Å². The van der Waals surface area contributed by atoms with Crippen molar-refractivity contribution in [2.45, 2.75) is 70.1 Å². The lowest BCUT2D eigenvalue weighted by atomic mass is 9.71. The van der Waals surface area contributed by atoms with Crippen molar-refractivity contribution in [1.29, 1.82) is 0 Å². The second-order valence-electron chi connectivity index (χ2n) is 12.9. The van der Waals surface area contributed by atoms with Gasteiger partial charge in [0.2, 0.25) is 17.9 Å². The molecule has 4 heterocycles. The first-order valence-electron chi connectivity index (χ1n) is 16.1. The second-order valence-corrected chi connectivity index (χ2v) is 13.4. The highest BCUT2D eigenvalue weighted by Crippen LogP contribution is 2.46. The number of carboxylic acids is 1. The second kappa shape index (κ2) is 13.5. The molecule has 0 aliphatic carbocycles. The molecule has 272 valence electrons. The molecule has 4 aromatic rings. The number of nitrogen functional groups attached to an aromatic ring is 1. The minimum atomic E-state index is -5.00. The smallest absolute Gasteiger partial charge is 0.429 e. The van der Waals surface area contributed by atoms with Gasteiger partial charge in [0, 0.05) is 42.0 Å². The van der Waals surface area contributed by atoms with Crippen LogP contribution in [-0.4, -0.2) is 62.2 Å². The van der Waals surface area contributed by atoms with E-state index in [1.807, 2.05) is 11.8 Å². The van der Waals surface area contributed by atoms with Crippen molar-refractivity contribution < 1.29 is 41.0 Å². The maximum atomic E-state index is 14.9. The van der Waals surface area contributed by atoms with Crippen molar-refractivity contribution in [3.8, 4) is 22.7 Å². The molecule has 3 atom stereocenters. The Bertz CT molecular complexity index is 1930. The summed E-state index contributed by atoms with van der Waals surface area (Å²) < 4.78 is 92.2. The summed E-state index contributed by atoms with van der Waals surface area (Å²) in [6.45, 7) is 4.53. The summed E-state index contributed by atoms with van der Waals surface area (Å²) in [6.07, 6.45) is -8.41. The molecule has 0 radical (unpaired) electrons. The Morgan fingerprint density at radius 3 is 2.41 bits per heavy atom. The standard InChI is InChI=1S/C34H34ClF6N7O3/c1-3-26-32(17-24(43-26)30(49)50)7-10-47(11-8-32)27-16-28(45-31(42)44-27)51-29(34(39,40)41)23-5-4-19(14-25(23)48-9-6-18(2)46-48)20-12-21(33(36,37)38)15-22(35)13-20/h4-6,9,12-16,24,26,29,43H,3,7-8,10-11,17H2,1-2H3,(H,49,50)(H2,42,44,45)/t24?,26?,29-/m1/s1. The number of nitrogens with zero attached hydrogens (tertiary/aromatic N) is 5. The van der Waals surface area contributed by atoms with Crippen LogP contribution in [0.4, 0.5) is 38.1 Å². The van der Waals surface area contributed by atoms with Crippen LogP contribution in [0.3, 0.4) is 0 Å². The molecule has 6 rings (SSSR count). The lowest BCUT2D eigenvalue weighted by Gasteiger charge is -2.43. The normalized spacial score (nSPS) is 19.7. The predicted octanol–water partition coefficient (Wildman–Crippen LogP) is 7.39. The molecule has 4 N–H and O–H groups in total. The Morgan fingerprint density at radius 1 is 1.08 bits per heavy atom. The van der Waals surface area contributed by atoms with Gasteiger partial charge < -0.3 is 25.8 Å². The quantitative estimate of drug-likeness (QED) is 0.159. The highest BCUT2D eigenvalue weighted by Gasteiger charge is 2.50. The van der Waals surface area contributed by atoms with Crippen molar-refractivity contribution in [3.05, 3.63) is 76.6 Å². The fourth-order valence-corrected chi connectivity index (χ4v) is 7.40. The Kier molecular flexibility index (Phi) is 9.61. The predicted molar refractivity (Wildman–Crippen MR) is 177 cm³/mol. The van der Waals surface area contributed by atoms with E-state index >= 15 is 0 Å². The molecule has 10 nitrogen and oxygen atoms in total. The number of alkyl halides is 6. The number of carboxylic acid groups (broad SMARTS) is 1. The summed E-state index contributed by atoms with van der Waals surface area (Å²) >= 11 is 6.00. The van der Waals surface area contributed by atoms with E-state index in [2.05, 4.69) is 20.4 Å². The van der Waals surface area contributed by atoms with Crippen LogP contribution in [0.25, 0.3) is 16.8 Å². The SMILES string of the molecule is CCC1NC(C(=O)O)CC12CCN(c1cc(O[C@H](c3ccc(-c4cc(Cl)cc(C(F)(F)F)c4)cc3-n3ccc(C)n3)C(F)(F)F)nc(N)n1)CC2. The molecule has 51 heavy (non-hydrogen) atoms. The first kappa shape index (κ1) is 36.2. The Labute approximate surface area is 293 Å². The number of piperidine rings is 1. The van der Waals surface area contributed by atoms with E-state index in [4.69, 9.17) is 22.1 Å². The summed E-state index contributed by atoms with van der Waals surface area (Å²) in [7, 11) is 0. The largest absolute Gasteiger partial charge is 0.480 e. The third-order valence-corrected chi connectivity index (χ3v) is 9.84. The summed E-state index contributed by atoms with van der Waals surface area (Å²) in [4.78, 5) is 21.8. The maximum absolute atomic E-state index is 14.9. The molecule has 0 bridgehead atoms. The maximum Gasteiger partial charge on any atom is 0.429 e. The third-order valence-electron chi connectivity index (χ3n) is 9.62. The molecule has 1 spiro atoms. The lowest BCUT2D eigenvalue weighted by molar-refractivity contribution is -0.198. The molecule has 0 amide bonds. The first-order chi connectivity index (χ1) is 24.0. The minimum Gasteiger partial charge on any atom is -0.480 e. The van der Waals surface area contributed by atoms with Crippen molar-refractivity contribution >= 4 is 29.3 Å². The minimum absolute atomic E-state index is 0.00684. The van der Waals surface area contributed by atoms with Crippen LogP contribution in [0.2, 0.25) is 5.02 Å². The summed E-state index contributed by atoms with van der Waals surface area (Å²) in [5, 5.41) is 16.9. The Balaban J connectivity index is 1.33. The zero-order chi connectivity index (χ0) is 36.9. The number of hydrogen-bond acceptors (Lipinski definition) is 8. The van der Waals surface area contributed by atoms with E-state index in [0.29, 0.717) is 38.0 Å². The van der Waals surface area contributed by atoms with Crippen LogP contribution < -0.4 is 20.7 Å². The van der Waals surface area contributed by atoms with Crippen molar-refractivity contribution in [2.75, 3.05) is 23.7 Å². The number of rotatable bonds is 8. The Hall–Kier alpha value is -4.57. The van der Waals surface area contributed by atoms with Crippen LogP contribution in [0.1, 0.15) is 55.5 Å². The summed E-state index contributed by atoms with van der Waals surface area (Å²) in [6, 6.07) is 8.76. The van der Waals surface area contributed by atoms with E-state index in [-0.39, 0.29) is 45.1 Å². The van der Waals surface area contributed by atoms with Gasteiger partial charge in [-0.25, -0.2) is 4.68 Å². The van der Waals surface area contributed by atoms with Crippen molar-refractivity contribution in [2.24, 2.45) is 5.41 Å². The topological polar surface area (TPSA) is 131 Å². The van der Waals surface area contributed by atoms with E-state index in [9.17, 15) is 36.2 Å². The Morgan fingerprint density at radius 2 is 1.80 bits per heavy atom. The number of ether oxygens (including phenoxy) is 1. The number of aliphatic carboxylic acids is 1. The molecule has 2 aliphatic heterocycles. The molecule has 2 aliphatic rings. The van der Waals surface area contributed by atoms with Crippen LogP contribution in [-0.2, 0) is 11.0 Å². The van der Waals surface area contributed by atoms with E-state index in [1.165, 1.54) is 35.1 Å². The fraction of sp³-hybridized carbons (Fsp3) is 0.412. The highest BCUT2D eigenvalue weighted by molar-refractivity contribution is 6.31. The molecule has 2 saturated heterocycles. The molecular weight excluding hydrogens is 704 g/mol. The van der Waals surface area contributed by atoms with Gasteiger partial charge in [0.05, 0.1) is 16.9 Å². The number of aromatic nitrogens is 4. The molecule has 2 unspecified atom stereocenters. The van der Waals surface area contributed by atoms with Gasteiger partial charge in [0.25, 0.3) is 0 Å². The molecule has 2 aromatic carbocycles. The number of aryl methyl sites for hydroxylation is 1. The average Bonchev–Trinajstić information content (AvgIpc) is 3.65. The zero-order valence-electron chi connectivity index (χ0n) is 27.4. The van der Waals surface area contributed by atoms with E-state index < -0.39 is 47.5 Å². The van der Waals surface area contributed by atoms with Gasteiger partial charge in [-0.05, 0) is 79.5 Å². The van der Waals surface area contributed by atoms with Crippen LogP contribution in [0, 0.1) is 12.3 Å². The average molecular weight is 738 g/mol. The third kappa shape index (κ3) is 7.56. The number of carbonyl (C=O) groups is 1. The van der Waals surface area contributed by atoms with Gasteiger partial charge in [-0.1, -0.05) is 30.7 Å². The lowest BCUT2D eigenvalue weighted by Crippen LogP contribution is -2.46. The molecule has 17 heteroatoms. The van der Waals surface area contributed by atoms with Crippen LogP contribution >= 0.6 is 11.6 Å². The number of anilines is 2. The number of nitrogens with two attached hydrogens (primary N) is 1. The van der Waals surface area contributed by atoms with Crippen molar-refractivity contribution in [1.82, 2.24) is 25.1 Å². The van der Waals surface area contributed by atoms with Crippen molar-refractivity contribution in [3.63, 3.8) is 0 Å². The number of benzene rings is 2. The highest BCUT2D eigenvalue weighted by atomic mass is 35.5. The number of nitrogens with one attached hydrogen (secondary N) is 1. The number of hydrogen-bond donors (Lipinski definition) is 3. The molecular formula is C34H34ClF6N7O3.